The van der Waals surface area contributed by atoms with Gasteiger partial charge in [-0.15, -0.1) is 0 Å². The molecule has 1 aromatic rings. The summed E-state index contributed by atoms with van der Waals surface area (Å²) in [5.41, 5.74) is 2.33. The predicted molar refractivity (Wildman–Crippen MR) is 103 cm³/mol. The van der Waals surface area contributed by atoms with Crippen LogP contribution in [0.2, 0.25) is 0 Å². The SMILES string of the molecule is CCC(C)C(=O)N1Cc2ccccc2CC1C(=O)NC1CNCCC1C. The number of piperidine rings is 1. The third-order valence-corrected chi connectivity index (χ3v) is 6.02. The van der Waals surface area contributed by atoms with E-state index in [-0.39, 0.29) is 23.8 Å². The Morgan fingerprint density at radius 2 is 2.04 bits per heavy atom. The number of fused-ring (bicyclic) bond motifs is 1. The summed E-state index contributed by atoms with van der Waals surface area (Å²) in [6, 6.07) is 7.86. The molecule has 0 aliphatic carbocycles. The van der Waals surface area contributed by atoms with E-state index in [4.69, 9.17) is 0 Å². The Hall–Kier alpha value is -1.88. The second kappa shape index (κ2) is 8.21. The molecule has 1 fully saturated rings. The number of nitrogens with zero attached hydrogens (tertiary/aromatic N) is 1. The molecule has 1 aromatic carbocycles. The van der Waals surface area contributed by atoms with Crippen LogP contribution in [0.25, 0.3) is 0 Å². The van der Waals surface area contributed by atoms with Crippen molar-refractivity contribution in [1.29, 1.82) is 0 Å². The fraction of sp³-hybridized carbons (Fsp3) is 0.619. The van der Waals surface area contributed by atoms with E-state index in [2.05, 4.69) is 29.7 Å². The maximum Gasteiger partial charge on any atom is 0.243 e. The lowest BCUT2D eigenvalue weighted by molar-refractivity contribution is -0.145. The highest BCUT2D eigenvalue weighted by Gasteiger charge is 2.37. The summed E-state index contributed by atoms with van der Waals surface area (Å²) < 4.78 is 0. The molecule has 2 aliphatic rings. The van der Waals surface area contributed by atoms with Gasteiger partial charge in [-0.2, -0.15) is 0 Å². The van der Waals surface area contributed by atoms with Crippen molar-refractivity contribution in [2.24, 2.45) is 11.8 Å². The molecular formula is C21H31N3O2. The van der Waals surface area contributed by atoms with Crippen molar-refractivity contribution in [1.82, 2.24) is 15.5 Å². The monoisotopic (exact) mass is 357 g/mol. The standard InChI is InChI=1S/C21H31N3O2/c1-4-14(2)21(26)24-13-17-8-6-5-7-16(17)11-19(24)20(25)23-18-12-22-10-9-15(18)3/h5-8,14-15,18-19,22H,4,9-13H2,1-3H3,(H,23,25). The van der Waals surface area contributed by atoms with E-state index < -0.39 is 6.04 Å². The van der Waals surface area contributed by atoms with Crippen LogP contribution in [-0.4, -0.2) is 41.9 Å². The number of hydrogen-bond donors (Lipinski definition) is 2. The molecular weight excluding hydrogens is 326 g/mol. The second-order valence-electron chi connectivity index (χ2n) is 7.85. The molecule has 0 saturated carbocycles. The lowest BCUT2D eigenvalue weighted by atomic mass is 9.90. The van der Waals surface area contributed by atoms with Gasteiger partial charge < -0.3 is 15.5 Å². The van der Waals surface area contributed by atoms with Crippen LogP contribution in [0, 0.1) is 11.8 Å². The molecule has 0 radical (unpaired) electrons. The molecule has 0 bridgehead atoms. The summed E-state index contributed by atoms with van der Waals surface area (Å²) in [6.45, 7) is 8.48. The predicted octanol–water partition coefficient (Wildman–Crippen LogP) is 2.10. The first kappa shape index (κ1) is 18.9. The molecule has 0 aromatic heterocycles. The van der Waals surface area contributed by atoms with Crippen molar-refractivity contribution < 1.29 is 9.59 Å². The second-order valence-corrected chi connectivity index (χ2v) is 7.85. The lowest BCUT2D eigenvalue weighted by Crippen LogP contribution is -2.58. The van der Waals surface area contributed by atoms with Gasteiger partial charge in [-0.25, -0.2) is 0 Å². The van der Waals surface area contributed by atoms with E-state index >= 15 is 0 Å². The Labute approximate surface area is 156 Å². The molecule has 5 nitrogen and oxygen atoms in total. The number of benzene rings is 1. The van der Waals surface area contributed by atoms with Crippen LogP contribution in [0.1, 0.15) is 44.7 Å². The average Bonchev–Trinajstić information content (AvgIpc) is 2.67. The van der Waals surface area contributed by atoms with Crippen LogP contribution in [-0.2, 0) is 22.6 Å². The van der Waals surface area contributed by atoms with Crippen molar-refractivity contribution in [2.45, 2.75) is 58.7 Å². The van der Waals surface area contributed by atoms with Gasteiger partial charge in [-0.1, -0.05) is 45.0 Å². The Morgan fingerprint density at radius 3 is 2.73 bits per heavy atom. The first-order valence-corrected chi connectivity index (χ1v) is 9.89. The van der Waals surface area contributed by atoms with Crippen molar-refractivity contribution in [3.63, 3.8) is 0 Å². The fourth-order valence-corrected chi connectivity index (χ4v) is 3.91. The lowest BCUT2D eigenvalue weighted by Gasteiger charge is -2.39. The summed E-state index contributed by atoms with van der Waals surface area (Å²) in [7, 11) is 0. The summed E-state index contributed by atoms with van der Waals surface area (Å²) in [5, 5.41) is 6.57. The van der Waals surface area contributed by atoms with Crippen LogP contribution in [0.4, 0.5) is 0 Å². The summed E-state index contributed by atoms with van der Waals surface area (Å²) >= 11 is 0. The highest BCUT2D eigenvalue weighted by molar-refractivity contribution is 5.89. The zero-order valence-corrected chi connectivity index (χ0v) is 16.1. The third kappa shape index (κ3) is 3.93. The molecule has 4 unspecified atom stereocenters. The maximum absolute atomic E-state index is 13.1. The van der Waals surface area contributed by atoms with E-state index in [1.165, 1.54) is 5.56 Å². The molecule has 2 amide bonds. The van der Waals surface area contributed by atoms with Crippen molar-refractivity contribution >= 4 is 11.8 Å². The fourth-order valence-electron chi connectivity index (χ4n) is 3.91. The summed E-state index contributed by atoms with van der Waals surface area (Å²) in [6.07, 6.45) is 2.45. The Kier molecular flexibility index (Phi) is 5.97. The molecule has 4 atom stereocenters. The molecule has 142 valence electrons. The molecule has 26 heavy (non-hydrogen) atoms. The van der Waals surface area contributed by atoms with Gasteiger partial charge in [-0.3, -0.25) is 9.59 Å². The van der Waals surface area contributed by atoms with Gasteiger partial charge in [0, 0.05) is 31.5 Å². The number of nitrogens with one attached hydrogen (secondary N) is 2. The van der Waals surface area contributed by atoms with Crippen LogP contribution in [0.3, 0.4) is 0 Å². The van der Waals surface area contributed by atoms with Crippen LogP contribution in [0.5, 0.6) is 0 Å². The molecule has 2 heterocycles. The zero-order chi connectivity index (χ0) is 18.7. The molecule has 5 heteroatoms. The largest absolute Gasteiger partial charge is 0.350 e. The maximum atomic E-state index is 13.1. The van der Waals surface area contributed by atoms with Crippen LogP contribution >= 0.6 is 0 Å². The summed E-state index contributed by atoms with van der Waals surface area (Å²) in [4.78, 5) is 27.9. The minimum Gasteiger partial charge on any atom is -0.350 e. The number of amides is 2. The zero-order valence-electron chi connectivity index (χ0n) is 16.1. The Balaban J connectivity index is 1.81. The number of rotatable bonds is 4. The summed E-state index contributed by atoms with van der Waals surface area (Å²) in [5.74, 6) is 0.453. The van der Waals surface area contributed by atoms with Crippen LogP contribution in [0.15, 0.2) is 24.3 Å². The molecule has 0 spiro atoms. The van der Waals surface area contributed by atoms with E-state index in [1.807, 2.05) is 26.0 Å². The average molecular weight is 357 g/mol. The number of carbonyl (C=O) groups excluding carboxylic acids is 2. The van der Waals surface area contributed by atoms with Gasteiger partial charge >= 0.3 is 0 Å². The molecule has 2 N–H and O–H groups in total. The van der Waals surface area contributed by atoms with Gasteiger partial charge in [0.15, 0.2) is 0 Å². The third-order valence-electron chi connectivity index (χ3n) is 6.02. The van der Waals surface area contributed by atoms with Gasteiger partial charge in [0.2, 0.25) is 11.8 Å². The van der Waals surface area contributed by atoms with Crippen LogP contribution < -0.4 is 10.6 Å². The highest BCUT2D eigenvalue weighted by Crippen LogP contribution is 2.26. The van der Waals surface area contributed by atoms with Gasteiger partial charge in [-0.05, 0) is 36.4 Å². The van der Waals surface area contributed by atoms with E-state index in [9.17, 15) is 9.59 Å². The number of hydrogen-bond acceptors (Lipinski definition) is 3. The minimum absolute atomic E-state index is 0.0169. The topological polar surface area (TPSA) is 61.4 Å². The Morgan fingerprint density at radius 1 is 1.31 bits per heavy atom. The Bertz CT molecular complexity index is 660. The minimum atomic E-state index is -0.416. The van der Waals surface area contributed by atoms with Crippen molar-refractivity contribution in [2.75, 3.05) is 13.1 Å². The van der Waals surface area contributed by atoms with Crippen molar-refractivity contribution in [3.8, 4) is 0 Å². The van der Waals surface area contributed by atoms with E-state index in [0.717, 1.165) is 31.5 Å². The van der Waals surface area contributed by atoms with Crippen molar-refractivity contribution in [3.05, 3.63) is 35.4 Å². The van der Waals surface area contributed by atoms with E-state index in [0.29, 0.717) is 18.9 Å². The smallest absolute Gasteiger partial charge is 0.243 e. The first-order valence-electron chi connectivity index (χ1n) is 9.89. The highest BCUT2D eigenvalue weighted by atomic mass is 16.2. The van der Waals surface area contributed by atoms with Gasteiger partial charge in [0.1, 0.15) is 6.04 Å². The first-order chi connectivity index (χ1) is 12.5. The quantitative estimate of drug-likeness (QED) is 0.867. The molecule has 1 saturated heterocycles. The molecule has 2 aliphatic heterocycles. The number of carbonyl (C=O) groups is 2. The normalized spacial score (nSPS) is 26.7. The van der Waals surface area contributed by atoms with E-state index in [1.54, 1.807) is 4.90 Å². The van der Waals surface area contributed by atoms with Gasteiger partial charge in [0.05, 0.1) is 0 Å². The molecule has 3 rings (SSSR count). The van der Waals surface area contributed by atoms with Gasteiger partial charge in [0.25, 0.3) is 0 Å².